The van der Waals surface area contributed by atoms with Gasteiger partial charge in [-0.1, -0.05) is 0 Å². The maximum Gasteiger partial charge on any atom is 0.106 e. The number of fused-ring (bicyclic) bond motifs is 1. The van der Waals surface area contributed by atoms with Gasteiger partial charge in [0.1, 0.15) is 6.54 Å². The van der Waals surface area contributed by atoms with E-state index in [4.69, 9.17) is 10.5 Å². The number of nitrogens with zero attached hydrogens (tertiary/aromatic N) is 3. The highest BCUT2D eigenvalue weighted by Gasteiger charge is 2.15. The van der Waals surface area contributed by atoms with Crippen LogP contribution in [0.1, 0.15) is 5.56 Å². The third kappa shape index (κ3) is 1.70. The van der Waals surface area contributed by atoms with E-state index in [1.54, 1.807) is 6.07 Å². The lowest BCUT2D eigenvalue weighted by molar-refractivity contribution is 0.847. The van der Waals surface area contributed by atoms with E-state index in [1.807, 2.05) is 17.0 Å². The first-order valence-corrected chi connectivity index (χ1v) is 4.75. The summed E-state index contributed by atoms with van der Waals surface area (Å²) in [6.07, 6.45) is 0. The molecule has 1 aromatic carbocycles. The van der Waals surface area contributed by atoms with Crippen LogP contribution in [0.15, 0.2) is 18.2 Å². The van der Waals surface area contributed by atoms with Gasteiger partial charge in [-0.25, -0.2) is 0 Å². The summed E-state index contributed by atoms with van der Waals surface area (Å²) < 4.78 is 0. The van der Waals surface area contributed by atoms with Crippen LogP contribution in [-0.4, -0.2) is 19.6 Å². The largest absolute Gasteiger partial charge is 0.382 e. The van der Waals surface area contributed by atoms with Crippen molar-refractivity contribution in [3.63, 3.8) is 0 Å². The van der Waals surface area contributed by atoms with E-state index in [1.165, 1.54) is 0 Å². The molecule has 0 amide bonds. The third-order valence-electron chi connectivity index (χ3n) is 2.43. The number of hydrogen-bond acceptors (Lipinski definition) is 4. The summed E-state index contributed by atoms with van der Waals surface area (Å²) in [5.74, 6) is 0. The van der Waals surface area contributed by atoms with E-state index in [0.717, 1.165) is 24.5 Å². The van der Waals surface area contributed by atoms with Crippen molar-refractivity contribution in [2.24, 2.45) is 0 Å². The average molecular weight is 198 g/mol. The molecule has 74 valence electrons. The van der Waals surface area contributed by atoms with Crippen molar-refractivity contribution in [2.75, 3.05) is 29.9 Å². The summed E-state index contributed by atoms with van der Waals surface area (Å²) >= 11 is 0. The summed E-state index contributed by atoms with van der Waals surface area (Å²) in [7, 11) is 0. The zero-order valence-corrected chi connectivity index (χ0v) is 8.20. The minimum atomic E-state index is 0.389. The van der Waals surface area contributed by atoms with Gasteiger partial charge in [0.05, 0.1) is 29.1 Å². The molecule has 0 aliphatic carbocycles. The third-order valence-corrected chi connectivity index (χ3v) is 2.43. The number of anilines is 2. The van der Waals surface area contributed by atoms with Gasteiger partial charge in [0.15, 0.2) is 0 Å². The first-order valence-electron chi connectivity index (χ1n) is 4.75. The van der Waals surface area contributed by atoms with Crippen LogP contribution < -0.4 is 10.2 Å². The standard InChI is InChI=1S/C11H10N4/c12-3-5-15-6-4-14-10-7-9(8-13)1-2-11(10)15/h1-2,7,14H,4-6H2. The molecule has 0 atom stereocenters. The number of nitriles is 2. The van der Waals surface area contributed by atoms with Crippen LogP contribution >= 0.6 is 0 Å². The minimum Gasteiger partial charge on any atom is -0.382 e. The summed E-state index contributed by atoms with van der Waals surface area (Å²) in [6, 6.07) is 9.72. The van der Waals surface area contributed by atoms with Gasteiger partial charge in [-0.05, 0) is 18.2 Å². The van der Waals surface area contributed by atoms with Crippen molar-refractivity contribution in [3.05, 3.63) is 23.8 Å². The Hall–Kier alpha value is -2.20. The topological polar surface area (TPSA) is 62.9 Å². The van der Waals surface area contributed by atoms with E-state index in [0.29, 0.717) is 12.1 Å². The molecule has 0 saturated carbocycles. The number of nitrogens with one attached hydrogen (secondary N) is 1. The molecule has 2 rings (SSSR count). The SMILES string of the molecule is N#CCN1CCNc2cc(C#N)ccc21. The molecule has 0 bridgehead atoms. The molecular formula is C11H10N4. The molecule has 1 N–H and O–H groups in total. The second-order valence-corrected chi connectivity index (χ2v) is 3.35. The molecule has 15 heavy (non-hydrogen) atoms. The van der Waals surface area contributed by atoms with Crippen LogP contribution in [0.3, 0.4) is 0 Å². The zero-order valence-electron chi connectivity index (χ0n) is 8.20. The molecular weight excluding hydrogens is 188 g/mol. The van der Waals surface area contributed by atoms with Gasteiger partial charge < -0.3 is 10.2 Å². The van der Waals surface area contributed by atoms with E-state index in [9.17, 15) is 0 Å². The minimum absolute atomic E-state index is 0.389. The predicted molar refractivity (Wildman–Crippen MR) is 57.5 cm³/mol. The quantitative estimate of drug-likeness (QED) is 0.691. The molecule has 0 saturated heterocycles. The highest BCUT2D eigenvalue weighted by Crippen LogP contribution is 2.29. The predicted octanol–water partition coefficient (Wildman–Crippen LogP) is 1.31. The van der Waals surface area contributed by atoms with Crippen LogP contribution in [0, 0.1) is 22.7 Å². The number of rotatable bonds is 1. The Labute approximate surface area is 88.3 Å². The Morgan fingerprint density at radius 3 is 3.00 bits per heavy atom. The van der Waals surface area contributed by atoms with Crippen molar-refractivity contribution in [1.82, 2.24) is 0 Å². The van der Waals surface area contributed by atoms with Gasteiger partial charge in [-0.3, -0.25) is 0 Å². The second-order valence-electron chi connectivity index (χ2n) is 3.35. The molecule has 0 fully saturated rings. The maximum absolute atomic E-state index is 8.76. The van der Waals surface area contributed by atoms with E-state index < -0.39 is 0 Å². The van der Waals surface area contributed by atoms with Crippen LogP contribution in [0.25, 0.3) is 0 Å². The van der Waals surface area contributed by atoms with Crippen molar-refractivity contribution in [2.45, 2.75) is 0 Å². The van der Waals surface area contributed by atoms with Crippen molar-refractivity contribution >= 4 is 11.4 Å². The number of hydrogen-bond donors (Lipinski definition) is 1. The average Bonchev–Trinajstić information content (AvgIpc) is 2.29. The van der Waals surface area contributed by atoms with Crippen LogP contribution in [0.2, 0.25) is 0 Å². The Balaban J connectivity index is 2.38. The Bertz CT molecular complexity index is 453. The Morgan fingerprint density at radius 2 is 2.27 bits per heavy atom. The monoisotopic (exact) mass is 198 g/mol. The fourth-order valence-corrected chi connectivity index (χ4v) is 1.72. The molecule has 4 heteroatoms. The molecule has 4 nitrogen and oxygen atoms in total. The first-order chi connectivity index (χ1) is 7.35. The summed E-state index contributed by atoms with van der Waals surface area (Å²) in [5, 5.41) is 20.7. The van der Waals surface area contributed by atoms with Crippen LogP contribution in [0.5, 0.6) is 0 Å². The molecule has 1 aliphatic rings. The smallest absolute Gasteiger partial charge is 0.106 e. The molecule has 0 unspecified atom stereocenters. The van der Waals surface area contributed by atoms with Gasteiger partial charge in [-0.2, -0.15) is 10.5 Å². The number of benzene rings is 1. The van der Waals surface area contributed by atoms with Crippen LogP contribution in [0.4, 0.5) is 11.4 Å². The summed E-state index contributed by atoms with van der Waals surface area (Å²) in [5.41, 5.74) is 2.58. The Kier molecular flexibility index (Phi) is 2.43. The first kappa shape index (κ1) is 9.36. The van der Waals surface area contributed by atoms with E-state index in [-0.39, 0.29) is 0 Å². The van der Waals surface area contributed by atoms with Gasteiger partial charge in [0, 0.05) is 13.1 Å². The van der Waals surface area contributed by atoms with E-state index >= 15 is 0 Å². The zero-order chi connectivity index (χ0) is 10.7. The normalized spacial score (nSPS) is 13.3. The maximum atomic E-state index is 8.76. The lowest BCUT2D eigenvalue weighted by Gasteiger charge is -2.30. The van der Waals surface area contributed by atoms with Gasteiger partial charge in [0.2, 0.25) is 0 Å². The highest BCUT2D eigenvalue weighted by atomic mass is 15.2. The molecule has 0 aromatic heterocycles. The Morgan fingerprint density at radius 1 is 1.40 bits per heavy atom. The summed E-state index contributed by atoms with van der Waals surface area (Å²) in [6.45, 7) is 2.02. The van der Waals surface area contributed by atoms with Crippen molar-refractivity contribution in [1.29, 1.82) is 10.5 Å². The lowest BCUT2D eigenvalue weighted by Crippen LogP contribution is -2.34. The van der Waals surface area contributed by atoms with Gasteiger partial charge in [0.25, 0.3) is 0 Å². The lowest BCUT2D eigenvalue weighted by atomic mass is 10.1. The van der Waals surface area contributed by atoms with Crippen molar-refractivity contribution < 1.29 is 0 Å². The fourth-order valence-electron chi connectivity index (χ4n) is 1.72. The van der Waals surface area contributed by atoms with Crippen molar-refractivity contribution in [3.8, 4) is 12.1 Å². The second kappa shape index (κ2) is 3.89. The molecule has 0 spiro atoms. The van der Waals surface area contributed by atoms with Gasteiger partial charge in [-0.15, -0.1) is 0 Å². The molecule has 1 heterocycles. The van der Waals surface area contributed by atoms with Gasteiger partial charge >= 0.3 is 0 Å². The fraction of sp³-hybridized carbons (Fsp3) is 0.273. The summed E-state index contributed by atoms with van der Waals surface area (Å²) in [4.78, 5) is 2.01. The highest BCUT2D eigenvalue weighted by molar-refractivity contribution is 5.74. The van der Waals surface area contributed by atoms with E-state index in [2.05, 4.69) is 17.5 Å². The molecule has 0 radical (unpaired) electrons. The molecule has 1 aromatic rings. The van der Waals surface area contributed by atoms with Crippen LogP contribution in [-0.2, 0) is 0 Å². The molecule has 1 aliphatic heterocycles.